The number of hydrogen-bond donors (Lipinski definition) is 2. The fourth-order valence-corrected chi connectivity index (χ4v) is 3.87. The van der Waals surface area contributed by atoms with Gasteiger partial charge in [0.05, 0.1) is 17.8 Å². The van der Waals surface area contributed by atoms with Crippen LogP contribution in [0, 0.1) is 11.6 Å². The smallest absolute Gasteiger partial charge is 0.222 e. The number of halogens is 2. The molecule has 0 aromatic heterocycles. The van der Waals surface area contributed by atoms with Crippen molar-refractivity contribution in [2.24, 2.45) is 0 Å². The molecule has 2 aliphatic rings. The molecule has 2 atom stereocenters. The molecule has 3 rings (SSSR count). The predicted octanol–water partition coefficient (Wildman–Crippen LogP) is 1.79. The van der Waals surface area contributed by atoms with Gasteiger partial charge in [0.1, 0.15) is 17.7 Å². The first kappa shape index (κ1) is 19.2. The Bertz CT molecular complexity index is 672. The summed E-state index contributed by atoms with van der Waals surface area (Å²) in [6.45, 7) is 2.69. The summed E-state index contributed by atoms with van der Waals surface area (Å²) < 4.78 is 32.4. The van der Waals surface area contributed by atoms with Crippen LogP contribution in [-0.4, -0.2) is 58.0 Å². The van der Waals surface area contributed by atoms with Crippen molar-refractivity contribution < 1.29 is 28.5 Å². The maximum atomic E-state index is 13.7. The van der Waals surface area contributed by atoms with Crippen molar-refractivity contribution in [3.05, 3.63) is 35.4 Å². The van der Waals surface area contributed by atoms with Crippen molar-refractivity contribution in [3.8, 4) is 0 Å². The summed E-state index contributed by atoms with van der Waals surface area (Å²) in [5.41, 5.74) is -1.37. The van der Waals surface area contributed by atoms with Gasteiger partial charge in [0, 0.05) is 32.0 Å². The van der Waals surface area contributed by atoms with Crippen molar-refractivity contribution >= 4 is 5.91 Å². The minimum absolute atomic E-state index is 0.0776. The summed E-state index contributed by atoms with van der Waals surface area (Å²) in [5.74, 6) is -1.34. The van der Waals surface area contributed by atoms with Crippen LogP contribution in [0.3, 0.4) is 0 Å². The van der Waals surface area contributed by atoms with Gasteiger partial charge < -0.3 is 19.8 Å². The highest BCUT2D eigenvalue weighted by Crippen LogP contribution is 2.39. The van der Waals surface area contributed by atoms with E-state index in [0.717, 1.165) is 6.07 Å². The van der Waals surface area contributed by atoms with Gasteiger partial charge in [-0.1, -0.05) is 6.07 Å². The van der Waals surface area contributed by atoms with Crippen LogP contribution >= 0.6 is 0 Å². The van der Waals surface area contributed by atoms with E-state index in [2.05, 4.69) is 0 Å². The predicted molar refractivity (Wildman–Crippen MR) is 90.4 cm³/mol. The first-order valence-corrected chi connectivity index (χ1v) is 8.97. The van der Waals surface area contributed by atoms with E-state index in [0.29, 0.717) is 37.9 Å². The van der Waals surface area contributed by atoms with E-state index in [4.69, 9.17) is 4.74 Å². The summed E-state index contributed by atoms with van der Waals surface area (Å²) in [7, 11) is 0. The highest BCUT2D eigenvalue weighted by atomic mass is 19.1. The second-order valence-corrected chi connectivity index (χ2v) is 7.66. The number of nitrogens with zero attached hydrogens (tertiary/aromatic N) is 1. The van der Waals surface area contributed by atoms with Gasteiger partial charge in [-0.25, -0.2) is 8.78 Å². The van der Waals surface area contributed by atoms with Crippen molar-refractivity contribution in [2.75, 3.05) is 19.7 Å². The molecule has 0 unspecified atom stereocenters. The van der Waals surface area contributed by atoms with Crippen LogP contribution in [0.1, 0.15) is 38.2 Å². The van der Waals surface area contributed by atoms with Gasteiger partial charge in [-0.3, -0.25) is 4.79 Å². The number of benzene rings is 1. The zero-order valence-corrected chi connectivity index (χ0v) is 14.9. The minimum Gasteiger partial charge on any atom is -0.388 e. The number of piperidine rings is 1. The number of rotatable bonds is 3. The van der Waals surface area contributed by atoms with Crippen LogP contribution in [-0.2, 0) is 16.0 Å². The number of carbonyl (C=O) groups is 1. The van der Waals surface area contributed by atoms with Gasteiger partial charge in [0.25, 0.3) is 0 Å². The summed E-state index contributed by atoms with van der Waals surface area (Å²) in [4.78, 5) is 14.1. The van der Waals surface area contributed by atoms with Gasteiger partial charge >= 0.3 is 0 Å². The number of amides is 1. The molecule has 5 nitrogen and oxygen atoms in total. The number of aliphatic hydroxyl groups is 2. The molecule has 1 amide bonds. The summed E-state index contributed by atoms with van der Waals surface area (Å²) in [6.07, 6.45) is 0.998. The molecule has 0 aliphatic carbocycles. The molecule has 1 aromatic rings. The Balaban J connectivity index is 1.52. The largest absolute Gasteiger partial charge is 0.388 e. The molecule has 2 N–H and O–H groups in total. The van der Waals surface area contributed by atoms with Crippen molar-refractivity contribution in [3.63, 3.8) is 0 Å². The molecule has 0 radical (unpaired) electrons. The van der Waals surface area contributed by atoms with Gasteiger partial charge in [-0.2, -0.15) is 0 Å². The molecule has 26 heavy (non-hydrogen) atoms. The molecule has 1 spiro atoms. The van der Waals surface area contributed by atoms with E-state index < -0.39 is 28.9 Å². The Morgan fingerprint density at radius 1 is 1.35 bits per heavy atom. The highest BCUT2D eigenvalue weighted by molar-refractivity contribution is 5.76. The third-order valence-corrected chi connectivity index (χ3v) is 5.60. The van der Waals surface area contributed by atoms with E-state index in [9.17, 15) is 23.8 Å². The number of hydrogen-bond acceptors (Lipinski definition) is 4. The monoisotopic (exact) mass is 369 g/mol. The van der Waals surface area contributed by atoms with Gasteiger partial charge in [0.15, 0.2) is 0 Å². The minimum atomic E-state index is -1.19. The van der Waals surface area contributed by atoms with Gasteiger partial charge in [-0.05, 0) is 37.8 Å². The lowest BCUT2D eigenvalue weighted by Crippen LogP contribution is -2.59. The first-order chi connectivity index (χ1) is 12.2. The lowest BCUT2D eigenvalue weighted by Gasteiger charge is -2.49. The van der Waals surface area contributed by atoms with Gasteiger partial charge in [0.2, 0.25) is 5.91 Å². The average molecular weight is 369 g/mol. The van der Waals surface area contributed by atoms with Crippen LogP contribution < -0.4 is 0 Å². The summed E-state index contributed by atoms with van der Waals surface area (Å²) >= 11 is 0. The quantitative estimate of drug-likeness (QED) is 0.852. The molecular formula is C19H25F2NO4. The Labute approximate surface area is 151 Å². The molecule has 1 aromatic carbocycles. The Morgan fingerprint density at radius 2 is 2.04 bits per heavy atom. The summed E-state index contributed by atoms with van der Waals surface area (Å²) in [5, 5.41) is 20.1. The fraction of sp³-hybridized carbons (Fsp3) is 0.632. The molecular weight excluding hydrogens is 344 g/mol. The number of aliphatic hydroxyl groups excluding tert-OH is 1. The standard InChI is InChI=1S/C19H25F2NO4/c1-18(25)12-19(26-11-16(18)23)6-8-22(9-7-19)17(24)5-3-13-2-4-14(20)10-15(13)21/h2,4,10,16,23,25H,3,5-9,11-12H2,1H3/t16-,18-/m0/s1. The van der Waals surface area contributed by atoms with E-state index in [1.54, 1.807) is 11.8 Å². The second kappa shape index (κ2) is 7.21. The van der Waals surface area contributed by atoms with E-state index in [1.807, 2.05) is 0 Å². The Hall–Kier alpha value is -1.57. The zero-order valence-electron chi connectivity index (χ0n) is 14.9. The fourth-order valence-electron chi connectivity index (χ4n) is 3.87. The number of carbonyl (C=O) groups excluding carboxylic acids is 1. The number of ether oxygens (including phenoxy) is 1. The molecule has 0 bridgehead atoms. The SMILES string of the molecule is C[C@]1(O)CC2(CCN(C(=O)CCc3ccc(F)cc3F)CC2)OC[C@@H]1O. The van der Waals surface area contributed by atoms with Crippen molar-refractivity contribution in [1.29, 1.82) is 0 Å². The van der Waals surface area contributed by atoms with Crippen LogP contribution in [0.4, 0.5) is 8.78 Å². The van der Waals surface area contributed by atoms with Crippen LogP contribution in [0.15, 0.2) is 18.2 Å². The third kappa shape index (κ3) is 4.05. The van der Waals surface area contributed by atoms with Crippen LogP contribution in [0.25, 0.3) is 0 Å². The number of aryl methyl sites for hydroxylation is 1. The normalized spacial score (nSPS) is 28.3. The highest BCUT2D eigenvalue weighted by Gasteiger charge is 2.48. The lowest BCUT2D eigenvalue weighted by atomic mass is 9.76. The van der Waals surface area contributed by atoms with Crippen molar-refractivity contribution in [1.82, 2.24) is 4.90 Å². The van der Waals surface area contributed by atoms with Gasteiger partial charge in [-0.15, -0.1) is 0 Å². The average Bonchev–Trinajstić information content (AvgIpc) is 2.58. The van der Waals surface area contributed by atoms with Crippen LogP contribution in [0.2, 0.25) is 0 Å². The zero-order chi connectivity index (χ0) is 18.9. The Kier molecular flexibility index (Phi) is 5.33. The third-order valence-electron chi connectivity index (χ3n) is 5.60. The molecule has 144 valence electrons. The second-order valence-electron chi connectivity index (χ2n) is 7.66. The Morgan fingerprint density at radius 3 is 2.65 bits per heavy atom. The van der Waals surface area contributed by atoms with Crippen LogP contribution in [0.5, 0.6) is 0 Å². The van der Waals surface area contributed by atoms with E-state index in [1.165, 1.54) is 12.1 Å². The summed E-state index contributed by atoms with van der Waals surface area (Å²) in [6, 6.07) is 3.38. The maximum Gasteiger partial charge on any atom is 0.222 e. The molecule has 2 fully saturated rings. The first-order valence-electron chi connectivity index (χ1n) is 8.97. The maximum absolute atomic E-state index is 13.7. The molecule has 0 saturated carbocycles. The topological polar surface area (TPSA) is 70.0 Å². The molecule has 2 aliphatic heterocycles. The number of likely N-dealkylation sites (tertiary alicyclic amines) is 1. The molecule has 2 saturated heterocycles. The van der Waals surface area contributed by atoms with Crippen molar-refractivity contribution in [2.45, 2.75) is 56.3 Å². The lowest BCUT2D eigenvalue weighted by molar-refractivity contribution is -0.222. The van der Waals surface area contributed by atoms with E-state index in [-0.39, 0.29) is 25.4 Å². The molecule has 2 heterocycles. The van der Waals surface area contributed by atoms with E-state index >= 15 is 0 Å². The molecule has 7 heteroatoms.